The van der Waals surface area contributed by atoms with Gasteiger partial charge in [0.2, 0.25) is 5.88 Å². The number of carbonyl (C=O) groups excluding carboxylic acids is 1. The van der Waals surface area contributed by atoms with Crippen LogP contribution in [-0.4, -0.2) is 44.8 Å². The lowest BCUT2D eigenvalue weighted by Crippen LogP contribution is -2.51. The SMILES string of the molecule is CC(CO)(CO)NC(=O)c1cnc(OCc2c(Cl)cccc2Cl)cn1. The topological polar surface area (TPSA) is 105 Å². The van der Waals surface area contributed by atoms with E-state index in [4.69, 9.17) is 27.9 Å². The van der Waals surface area contributed by atoms with Gasteiger partial charge in [0.1, 0.15) is 12.3 Å². The number of nitrogens with one attached hydrogen (secondary N) is 1. The number of nitrogens with zero attached hydrogens (tertiary/aromatic N) is 2. The van der Waals surface area contributed by atoms with Crippen molar-refractivity contribution in [3.8, 4) is 5.88 Å². The molecule has 0 aliphatic heterocycles. The van der Waals surface area contributed by atoms with Crippen LogP contribution in [0.2, 0.25) is 10.0 Å². The summed E-state index contributed by atoms with van der Waals surface area (Å²) >= 11 is 12.1. The molecule has 2 aromatic rings. The maximum Gasteiger partial charge on any atom is 0.272 e. The van der Waals surface area contributed by atoms with E-state index in [1.807, 2.05) is 0 Å². The first-order valence-electron chi connectivity index (χ1n) is 7.30. The Morgan fingerprint density at radius 3 is 2.36 bits per heavy atom. The number of carbonyl (C=O) groups is 1. The van der Waals surface area contributed by atoms with Crippen LogP contribution in [0.1, 0.15) is 23.0 Å². The first-order valence-corrected chi connectivity index (χ1v) is 8.06. The molecule has 25 heavy (non-hydrogen) atoms. The van der Waals surface area contributed by atoms with E-state index in [1.54, 1.807) is 18.2 Å². The fourth-order valence-corrected chi connectivity index (χ4v) is 2.30. The van der Waals surface area contributed by atoms with Crippen LogP contribution in [0, 0.1) is 0 Å². The summed E-state index contributed by atoms with van der Waals surface area (Å²) in [7, 11) is 0. The van der Waals surface area contributed by atoms with E-state index in [9.17, 15) is 15.0 Å². The van der Waals surface area contributed by atoms with Gasteiger partial charge in [-0.3, -0.25) is 4.79 Å². The van der Waals surface area contributed by atoms with Gasteiger partial charge in [-0.1, -0.05) is 29.3 Å². The highest BCUT2D eigenvalue weighted by atomic mass is 35.5. The van der Waals surface area contributed by atoms with Crippen LogP contribution in [0.3, 0.4) is 0 Å². The Hall–Kier alpha value is -1.93. The quantitative estimate of drug-likeness (QED) is 0.671. The lowest BCUT2D eigenvalue weighted by Gasteiger charge is -2.25. The highest BCUT2D eigenvalue weighted by Crippen LogP contribution is 2.25. The van der Waals surface area contributed by atoms with Crippen molar-refractivity contribution in [1.82, 2.24) is 15.3 Å². The third kappa shape index (κ3) is 5.02. The molecule has 0 saturated carbocycles. The molecule has 7 nitrogen and oxygen atoms in total. The number of hydrogen-bond acceptors (Lipinski definition) is 6. The number of amides is 1. The maximum atomic E-state index is 12.0. The molecule has 0 saturated heterocycles. The summed E-state index contributed by atoms with van der Waals surface area (Å²) in [5.41, 5.74) is -0.498. The summed E-state index contributed by atoms with van der Waals surface area (Å²) in [6, 6.07) is 5.13. The monoisotopic (exact) mass is 385 g/mol. The van der Waals surface area contributed by atoms with E-state index in [0.717, 1.165) is 0 Å². The van der Waals surface area contributed by atoms with Crippen molar-refractivity contribution in [2.75, 3.05) is 13.2 Å². The molecule has 0 radical (unpaired) electrons. The Bertz CT molecular complexity index is 716. The van der Waals surface area contributed by atoms with Crippen molar-refractivity contribution in [1.29, 1.82) is 0 Å². The van der Waals surface area contributed by atoms with Crippen LogP contribution >= 0.6 is 23.2 Å². The second-order valence-corrected chi connectivity index (χ2v) is 6.37. The molecule has 0 atom stereocenters. The van der Waals surface area contributed by atoms with Crippen LogP contribution in [0.25, 0.3) is 0 Å². The summed E-state index contributed by atoms with van der Waals surface area (Å²) in [5, 5.41) is 21.8. The molecule has 1 amide bonds. The molecular formula is C16H17Cl2N3O4. The molecule has 0 unspecified atom stereocenters. The molecule has 0 spiro atoms. The minimum absolute atomic E-state index is 0.0243. The van der Waals surface area contributed by atoms with E-state index < -0.39 is 24.7 Å². The molecule has 134 valence electrons. The van der Waals surface area contributed by atoms with Crippen LogP contribution in [0.5, 0.6) is 5.88 Å². The van der Waals surface area contributed by atoms with Crippen LogP contribution in [0.15, 0.2) is 30.6 Å². The highest BCUT2D eigenvalue weighted by Gasteiger charge is 2.25. The molecule has 3 N–H and O–H groups in total. The van der Waals surface area contributed by atoms with Gasteiger partial charge in [0.05, 0.1) is 31.1 Å². The molecule has 9 heteroatoms. The number of hydrogen-bond donors (Lipinski definition) is 3. The van der Waals surface area contributed by atoms with Gasteiger partial charge in [0.15, 0.2) is 0 Å². The number of aliphatic hydroxyl groups excluding tert-OH is 2. The second-order valence-electron chi connectivity index (χ2n) is 5.56. The minimum Gasteiger partial charge on any atom is -0.472 e. The summed E-state index contributed by atoms with van der Waals surface area (Å²) in [5.74, 6) is -0.376. The Morgan fingerprint density at radius 2 is 1.84 bits per heavy atom. The number of rotatable bonds is 7. The van der Waals surface area contributed by atoms with Gasteiger partial charge in [-0.05, 0) is 19.1 Å². The smallest absolute Gasteiger partial charge is 0.272 e. The molecule has 0 fully saturated rings. The zero-order chi connectivity index (χ0) is 18.4. The largest absolute Gasteiger partial charge is 0.472 e. The number of aromatic nitrogens is 2. The minimum atomic E-state index is -1.14. The Labute approximate surface area is 154 Å². The van der Waals surface area contributed by atoms with Gasteiger partial charge in [-0.15, -0.1) is 0 Å². The van der Waals surface area contributed by atoms with E-state index in [2.05, 4.69) is 15.3 Å². The van der Waals surface area contributed by atoms with Crippen LogP contribution in [-0.2, 0) is 6.61 Å². The van der Waals surface area contributed by atoms with Crippen LogP contribution in [0.4, 0.5) is 0 Å². The third-order valence-corrected chi connectivity index (χ3v) is 4.11. The Balaban J connectivity index is 2.01. The fraction of sp³-hybridized carbons (Fsp3) is 0.312. The van der Waals surface area contributed by atoms with Crippen LogP contribution < -0.4 is 10.1 Å². The Kier molecular flexibility index (Phi) is 6.55. The average molecular weight is 386 g/mol. The number of halogens is 2. The highest BCUT2D eigenvalue weighted by molar-refractivity contribution is 6.35. The van der Waals surface area contributed by atoms with Crippen molar-refractivity contribution < 1.29 is 19.7 Å². The molecular weight excluding hydrogens is 369 g/mol. The molecule has 0 bridgehead atoms. The second kappa shape index (κ2) is 8.44. The first kappa shape index (κ1) is 19.4. The fourth-order valence-electron chi connectivity index (χ4n) is 1.79. The summed E-state index contributed by atoms with van der Waals surface area (Å²) in [6.07, 6.45) is 2.52. The molecule has 0 aliphatic carbocycles. The summed E-state index contributed by atoms with van der Waals surface area (Å²) < 4.78 is 5.48. The molecule has 1 heterocycles. The van der Waals surface area contributed by atoms with Crippen molar-refractivity contribution in [2.45, 2.75) is 19.1 Å². The van der Waals surface area contributed by atoms with Gasteiger partial charge in [0.25, 0.3) is 5.91 Å². The van der Waals surface area contributed by atoms with Crippen molar-refractivity contribution in [3.63, 3.8) is 0 Å². The molecule has 1 aromatic carbocycles. The van der Waals surface area contributed by atoms with E-state index in [0.29, 0.717) is 15.6 Å². The predicted molar refractivity (Wildman–Crippen MR) is 92.9 cm³/mol. The number of aliphatic hydroxyl groups is 2. The first-order chi connectivity index (χ1) is 11.9. The lowest BCUT2D eigenvalue weighted by atomic mass is 10.1. The zero-order valence-corrected chi connectivity index (χ0v) is 14.9. The average Bonchev–Trinajstić information content (AvgIpc) is 2.61. The van der Waals surface area contributed by atoms with Gasteiger partial charge in [-0.2, -0.15) is 0 Å². The van der Waals surface area contributed by atoms with Crippen molar-refractivity contribution in [2.24, 2.45) is 0 Å². The van der Waals surface area contributed by atoms with Crippen molar-refractivity contribution in [3.05, 3.63) is 51.9 Å². The maximum absolute atomic E-state index is 12.0. The summed E-state index contributed by atoms with van der Waals surface area (Å²) in [4.78, 5) is 20.0. The third-order valence-electron chi connectivity index (χ3n) is 3.40. The van der Waals surface area contributed by atoms with E-state index in [-0.39, 0.29) is 18.2 Å². The van der Waals surface area contributed by atoms with Gasteiger partial charge < -0.3 is 20.3 Å². The number of ether oxygens (including phenoxy) is 1. The van der Waals surface area contributed by atoms with E-state index >= 15 is 0 Å². The standard InChI is InChI=1S/C16H17Cl2N3O4/c1-16(8-22,9-23)21-15(24)13-5-20-14(6-19-13)25-7-10-11(17)3-2-4-12(10)18/h2-6,22-23H,7-9H2,1H3,(H,21,24). The van der Waals surface area contributed by atoms with Crippen molar-refractivity contribution >= 4 is 29.1 Å². The molecule has 0 aliphatic rings. The Morgan fingerprint density at radius 1 is 1.20 bits per heavy atom. The normalized spacial score (nSPS) is 11.2. The van der Waals surface area contributed by atoms with Gasteiger partial charge >= 0.3 is 0 Å². The predicted octanol–water partition coefficient (Wildman–Crippen LogP) is 1.84. The summed E-state index contributed by atoms with van der Waals surface area (Å²) in [6.45, 7) is 0.778. The number of benzene rings is 1. The van der Waals surface area contributed by atoms with E-state index in [1.165, 1.54) is 19.3 Å². The van der Waals surface area contributed by atoms with Gasteiger partial charge in [-0.25, -0.2) is 9.97 Å². The molecule has 1 aromatic heterocycles. The molecule has 2 rings (SSSR count). The van der Waals surface area contributed by atoms with Gasteiger partial charge in [0, 0.05) is 15.6 Å². The lowest BCUT2D eigenvalue weighted by molar-refractivity contribution is 0.0719. The zero-order valence-electron chi connectivity index (χ0n) is 13.4.